The van der Waals surface area contributed by atoms with Crippen LogP contribution < -0.4 is 4.90 Å². The predicted octanol–water partition coefficient (Wildman–Crippen LogP) is 13.2. The van der Waals surface area contributed by atoms with Gasteiger partial charge in [0.25, 0.3) is 0 Å². The fourth-order valence-electron chi connectivity index (χ4n) is 9.58. The molecule has 4 heteroatoms. The number of pyridine rings is 1. The molecule has 53 heavy (non-hydrogen) atoms. The molecule has 8 aromatic carbocycles. The molecule has 0 saturated heterocycles. The molecule has 0 amide bonds. The number of anilines is 3. The van der Waals surface area contributed by atoms with Crippen molar-refractivity contribution in [1.29, 1.82) is 0 Å². The highest BCUT2D eigenvalue weighted by atomic mass is 15.2. The van der Waals surface area contributed by atoms with Gasteiger partial charge in [0.1, 0.15) is 5.65 Å². The van der Waals surface area contributed by atoms with Gasteiger partial charge in [-0.1, -0.05) is 121 Å². The van der Waals surface area contributed by atoms with Crippen molar-refractivity contribution in [2.45, 2.75) is 0 Å². The molecule has 0 atom stereocenters. The first-order valence-corrected chi connectivity index (χ1v) is 18.2. The van der Waals surface area contributed by atoms with Crippen LogP contribution >= 0.6 is 0 Å². The van der Waals surface area contributed by atoms with Crippen LogP contribution in [0.2, 0.25) is 0 Å². The van der Waals surface area contributed by atoms with Gasteiger partial charge in [0, 0.05) is 54.5 Å². The normalized spacial score (nSPS) is 12.5. The third kappa shape index (κ3) is 3.39. The number of hydrogen-bond acceptors (Lipinski definition) is 2. The highest BCUT2D eigenvalue weighted by Crippen LogP contribution is 2.51. The number of fused-ring (bicyclic) bond motifs is 15. The molecule has 0 aliphatic carbocycles. The molecule has 0 spiro atoms. The summed E-state index contributed by atoms with van der Waals surface area (Å²) in [7, 11) is 0. The van der Waals surface area contributed by atoms with Gasteiger partial charge in [-0.15, -0.1) is 0 Å². The zero-order chi connectivity index (χ0) is 34.4. The minimum Gasteiger partial charge on any atom is -0.308 e. The summed E-state index contributed by atoms with van der Waals surface area (Å²) in [5.74, 6) is 0. The van der Waals surface area contributed by atoms with E-state index in [1.807, 2.05) is 0 Å². The Kier molecular flexibility index (Phi) is 5.08. The molecule has 0 unspecified atom stereocenters. The van der Waals surface area contributed by atoms with E-state index in [4.69, 9.17) is 4.98 Å². The zero-order valence-corrected chi connectivity index (χ0v) is 28.5. The second-order valence-electron chi connectivity index (χ2n) is 14.3. The van der Waals surface area contributed by atoms with E-state index in [0.29, 0.717) is 0 Å². The molecule has 13 rings (SSSR count). The summed E-state index contributed by atoms with van der Waals surface area (Å²) in [6, 6.07) is 62.0. The van der Waals surface area contributed by atoms with Gasteiger partial charge in [-0.3, -0.25) is 4.40 Å². The fraction of sp³-hybridized carbons (Fsp3) is 0. The molecule has 5 aromatic heterocycles. The molecule has 244 valence electrons. The van der Waals surface area contributed by atoms with Crippen LogP contribution in [-0.4, -0.2) is 13.8 Å². The van der Waals surface area contributed by atoms with E-state index < -0.39 is 0 Å². The van der Waals surface area contributed by atoms with Gasteiger partial charge >= 0.3 is 0 Å². The summed E-state index contributed by atoms with van der Waals surface area (Å²) in [5, 5.41) is 13.5. The summed E-state index contributed by atoms with van der Waals surface area (Å²) in [5.41, 5.74) is 11.4. The second kappa shape index (κ2) is 9.78. The van der Waals surface area contributed by atoms with Gasteiger partial charge in [0.15, 0.2) is 0 Å². The highest BCUT2D eigenvalue weighted by molar-refractivity contribution is 6.35. The van der Waals surface area contributed by atoms with Gasteiger partial charge in [0.05, 0.1) is 38.8 Å². The Morgan fingerprint density at radius 2 is 0.962 bits per heavy atom. The third-order valence-electron chi connectivity index (χ3n) is 11.7. The van der Waals surface area contributed by atoms with E-state index in [0.717, 1.165) is 33.7 Å². The van der Waals surface area contributed by atoms with Gasteiger partial charge in [-0.05, 0) is 64.7 Å². The van der Waals surface area contributed by atoms with Crippen molar-refractivity contribution in [2.24, 2.45) is 0 Å². The molecule has 0 aliphatic heterocycles. The first-order chi connectivity index (χ1) is 26.3. The Bertz CT molecular complexity index is 3580. The average Bonchev–Trinajstić information content (AvgIpc) is 3.94. The van der Waals surface area contributed by atoms with E-state index >= 15 is 0 Å². The number of hydrogen-bond donors (Lipinski definition) is 0. The van der Waals surface area contributed by atoms with Gasteiger partial charge in [-0.2, -0.15) is 0 Å². The van der Waals surface area contributed by atoms with E-state index in [-0.39, 0.29) is 0 Å². The van der Waals surface area contributed by atoms with Crippen molar-refractivity contribution in [3.8, 4) is 0 Å². The van der Waals surface area contributed by atoms with Crippen LogP contribution in [0.3, 0.4) is 0 Å². The maximum atomic E-state index is 5.70. The molecule has 0 fully saturated rings. The Morgan fingerprint density at radius 1 is 0.377 bits per heavy atom. The molecule has 0 N–H and O–H groups in total. The van der Waals surface area contributed by atoms with Crippen molar-refractivity contribution >= 4 is 115 Å². The molecular formula is C49H28N4. The van der Waals surface area contributed by atoms with E-state index in [9.17, 15) is 0 Å². The summed E-state index contributed by atoms with van der Waals surface area (Å²) in [4.78, 5) is 8.15. The van der Waals surface area contributed by atoms with Gasteiger partial charge < -0.3 is 9.30 Å². The Hall–Kier alpha value is -7.17. The van der Waals surface area contributed by atoms with Gasteiger partial charge in [-0.25, -0.2) is 4.98 Å². The van der Waals surface area contributed by atoms with Crippen LogP contribution in [0.5, 0.6) is 0 Å². The quantitative estimate of drug-likeness (QED) is 0.187. The number of rotatable bonds is 3. The molecular weight excluding hydrogens is 645 g/mol. The van der Waals surface area contributed by atoms with Crippen molar-refractivity contribution < 1.29 is 0 Å². The number of benzene rings is 8. The van der Waals surface area contributed by atoms with E-state index in [2.05, 4.69) is 184 Å². The monoisotopic (exact) mass is 672 g/mol. The smallest absolute Gasteiger partial charge is 0.146 e. The summed E-state index contributed by atoms with van der Waals surface area (Å²) in [6.07, 6.45) is 0. The van der Waals surface area contributed by atoms with Crippen molar-refractivity contribution in [3.63, 3.8) is 0 Å². The average molecular weight is 673 g/mol. The minimum atomic E-state index is 1.01. The molecule has 0 aliphatic rings. The first kappa shape index (κ1) is 27.5. The maximum absolute atomic E-state index is 5.70. The molecule has 13 aromatic rings. The molecule has 5 heterocycles. The Morgan fingerprint density at radius 3 is 1.72 bits per heavy atom. The maximum Gasteiger partial charge on any atom is 0.146 e. The van der Waals surface area contributed by atoms with Crippen LogP contribution in [0, 0.1) is 0 Å². The topological polar surface area (TPSA) is 25.0 Å². The van der Waals surface area contributed by atoms with Crippen LogP contribution in [0.1, 0.15) is 0 Å². The molecule has 4 nitrogen and oxygen atoms in total. The largest absolute Gasteiger partial charge is 0.308 e. The zero-order valence-electron chi connectivity index (χ0n) is 28.5. The lowest BCUT2D eigenvalue weighted by Crippen LogP contribution is -2.11. The molecule has 0 bridgehead atoms. The highest BCUT2D eigenvalue weighted by Gasteiger charge is 2.28. The Labute approximate surface area is 302 Å². The Balaban J connectivity index is 1.31. The van der Waals surface area contributed by atoms with Crippen LogP contribution in [-0.2, 0) is 0 Å². The summed E-state index contributed by atoms with van der Waals surface area (Å²) in [6.45, 7) is 0. The van der Waals surface area contributed by atoms with Gasteiger partial charge in [0.2, 0.25) is 0 Å². The number of aromatic nitrogens is 3. The predicted molar refractivity (Wildman–Crippen MR) is 223 cm³/mol. The van der Waals surface area contributed by atoms with Crippen LogP contribution in [0.25, 0.3) is 98.0 Å². The third-order valence-corrected chi connectivity index (χ3v) is 11.7. The lowest BCUT2D eigenvalue weighted by molar-refractivity contribution is 1.27. The van der Waals surface area contributed by atoms with Crippen molar-refractivity contribution in [3.05, 3.63) is 170 Å². The second-order valence-corrected chi connectivity index (χ2v) is 14.3. The van der Waals surface area contributed by atoms with Crippen molar-refractivity contribution in [2.75, 3.05) is 4.90 Å². The standard InChI is InChI=1S/C49H28N4/c1-3-16-31(17-4-1)51(32-18-5-2-6-19-32)47-34-21-10-8-15-30(34)26-39-43-33-20-9-7-14-29(33)27-40-44-42(52(46(40)43)48(39)47)28-38-37-24-13-23-36-35-22-11-12-25-41(35)53(45(36)37)49(38)50-44/h1-28H. The first-order valence-electron chi connectivity index (χ1n) is 18.2. The van der Waals surface area contributed by atoms with Crippen LogP contribution in [0.4, 0.5) is 17.1 Å². The van der Waals surface area contributed by atoms with E-state index in [1.165, 1.54) is 81.3 Å². The fourth-order valence-corrected chi connectivity index (χ4v) is 9.58. The summed E-state index contributed by atoms with van der Waals surface area (Å²) >= 11 is 0. The number of para-hydroxylation sites is 4. The molecule has 0 radical (unpaired) electrons. The lowest BCUT2D eigenvalue weighted by Gasteiger charge is -2.28. The molecule has 0 saturated carbocycles. The minimum absolute atomic E-state index is 1.01. The lowest BCUT2D eigenvalue weighted by atomic mass is 9.98. The van der Waals surface area contributed by atoms with Crippen molar-refractivity contribution in [1.82, 2.24) is 13.8 Å². The van der Waals surface area contributed by atoms with E-state index in [1.54, 1.807) is 0 Å². The van der Waals surface area contributed by atoms with Crippen LogP contribution in [0.15, 0.2) is 170 Å². The SMILES string of the molecule is c1ccc(N(c2ccccc2)c2c3ccccc3cc3c4c5ccccc5cc5c6nc7c(cc6n(c23)c54)c2cccc3c4ccccc4n7c32)cc1. The summed E-state index contributed by atoms with van der Waals surface area (Å²) < 4.78 is 4.94. The number of nitrogens with zero attached hydrogens (tertiary/aromatic N) is 4.